The van der Waals surface area contributed by atoms with E-state index >= 15 is 0 Å². The van der Waals surface area contributed by atoms with Crippen LogP contribution < -0.4 is 10.0 Å². The number of nitrogens with one attached hydrogen (secondary N) is 2. The van der Waals surface area contributed by atoms with Crippen LogP contribution in [0.1, 0.15) is 56.3 Å². The molecule has 0 radical (unpaired) electrons. The number of rotatable bonds is 6. The van der Waals surface area contributed by atoms with Gasteiger partial charge >= 0.3 is 5.97 Å². The highest BCUT2D eigenvalue weighted by Gasteiger charge is 2.21. The van der Waals surface area contributed by atoms with Gasteiger partial charge in [0, 0.05) is 17.8 Å². The summed E-state index contributed by atoms with van der Waals surface area (Å²) in [7, 11) is -3.71. The van der Waals surface area contributed by atoms with E-state index in [9.17, 15) is 18.3 Å². The monoisotopic (exact) mass is 340 g/mol. The summed E-state index contributed by atoms with van der Waals surface area (Å²) in [5, 5.41) is 12.7. The van der Waals surface area contributed by atoms with Gasteiger partial charge in [-0.05, 0) is 44.9 Å². The summed E-state index contributed by atoms with van der Waals surface area (Å²) in [4.78, 5) is 11.5. The molecule has 0 aliphatic heterocycles. The van der Waals surface area contributed by atoms with Crippen molar-refractivity contribution < 1.29 is 18.3 Å². The Morgan fingerprint density at radius 2 is 1.87 bits per heavy atom. The van der Waals surface area contributed by atoms with Crippen LogP contribution in [0, 0.1) is 0 Å². The number of carboxylic acids is 1. The van der Waals surface area contributed by atoms with E-state index in [0.717, 1.165) is 25.7 Å². The Morgan fingerprint density at radius 1 is 1.22 bits per heavy atom. The molecule has 1 saturated carbocycles. The summed E-state index contributed by atoms with van der Waals surface area (Å²) in [5.74, 6) is -1.13. The highest BCUT2D eigenvalue weighted by Crippen LogP contribution is 2.26. The van der Waals surface area contributed by atoms with Gasteiger partial charge in [-0.25, -0.2) is 17.9 Å². The van der Waals surface area contributed by atoms with Crippen LogP contribution in [-0.2, 0) is 10.0 Å². The highest BCUT2D eigenvalue weighted by atomic mass is 32.2. The molecule has 1 aliphatic carbocycles. The Balaban J connectivity index is 2.29. The van der Waals surface area contributed by atoms with Crippen molar-refractivity contribution in [1.82, 2.24) is 4.72 Å². The molecule has 23 heavy (non-hydrogen) atoms. The van der Waals surface area contributed by atoms with Crippen LogP contribution in [0.2, 0.25) is 0 Å². The maximum absolute atomic E-state index is 12.2. The van der Waals surface area contributed by atoms with Gasteiger partial charge in [-0.15, -0.1) is 0 Å². The zero-order chi connectivity index (χ0) is 17.0. The molecule has 1 aliphatic rings. The van der Waals surface area contributed by atoms with Gasteiger partial charge in [0.25, 0.3) is 0 Å². The average Bonchev–Trinajstić information content (AvgIpc) is 2.47. The maximum Gasteiger partial charge on any atom is 0.337 e. The third-order valence-corrected chi connectivity index (χ3v) is 5.54. The largest absolute Gasteiger partial charge is 0.478 e. The van der Waals surface area contributed by atoms with Gasteiger partial charge in [-0.1, -0.05) is 19.3 Å². The predicted octanol–water partition coefficient (Wildman–Crippen LogP) is 2.82. The van der Waals surface area contributed by atoms with E-state index in [2.05, 4.69) is 10.0 Å². The fourth-order valence-corrected chi connectivity index (χ4v) is 4.12. The first-order valence-corrected chi connectivity index (χ1v) is 9.44. The molecule has 1 fully saturated rings. The van der Waals surface area contributed by atoms with Gasteiger partial charge < -0.3 is 10.4 Å². The minimum Gasteiger partial charge on any atom is -0.478 e. The summed E-state index contributed by atoms with van der Waals surface area (Å²) >= 11 is 0. The van der Waals surface area contributed by atoms with E-state index in [1.165, 1.54) is 18.6 Å². The zero-order valence-corrected chi connectivity index (χ0v) is 14.3. The van der Waals surface area contributed by atoms with Gasteiger partial charge in [0.1, 0.15) is 0 Å². The molecular formula is C16H24N2O4S. The van der Waals surface area contributed by atoms with Crippen LogP contribution in [-0.4, -0.2) is 31.6 Å². The van der Waals surface area contributed by atoms with Crippen LogP contribution in [0.5, 0.6) is 0 Å². The van der Waals surface area contributed by atoms with Crippen molar-refractivity contribution in [3.05, 3.63) is 23.8 Å². The smallest absolute Gasteiger partial charge is 0.337 e. The molecular weight excluding hydrogens is 316 g/mol. The van der Waals surface area contributed by atoms with E-state index in [1.54, 1.807) is 19.9 Å². The third-order valence-electron chi connectivity index (χ3n) is 3.89. The van der Waals surface area contributed by atoms with E-state index in [1.807, 2.05) is 0 Å². The van der Waals surface area contributed by atoms with Crippen LogP contribution in [0.15, 0.2) is 23.1 Å². The van der Waals surface area contributed by atoms with Gasteiger partial charge in [0.05, 0.1) is 10.5 Å². The second kappa shape index (κ2) is 7.31. The molecule has 0 heterocycles. The molecule has 128 valence electrons. The lowest BCUT2D eigenvalue weighted by Gasteiger charge is -2.24. The Morgan fingerprint density at radius 3 is 2.43 bits per heavy atom. The van der Waals surface area contributed by atoms with Crippen molar-refractivity contribution in [1.29, 1.82) is 0 Å². The molecule has 0 spiro atoms. The second-order valence-corrected chi connectivity index (χ2v) is 7.98. The Kier molecular flexibility index (Phi) is 5.64. The second-order valence-electron chi connectivity index (χ2n) is 6.27. The topological polar surface area (TPSA) is 95.5 Å². The highest BCUT2D eigenvalue weighted by molar-refractivity contribution is 7.89. The van der Waals surface area contributed by atoms with E-state index in [4.69, 9.17) is 0 Å². The van der Waals surface area contributed by atoms with Crippen molar-refractivity contribution in [3.63, 3.8) is 0 Å². The minimum absolute atomic E-state index is 0.0118. The zero-order valence-electron chi connectivity index (χ0n) is 13.5. The van der Waals surface area contributed by atoms with Crippen molar-refractivity contribution in [2.24, 2.45) is 0 Å². The Hall–Kier alpha value is -1.60. The molecule has 0 unspecified atom stereocenters. The van der Waals surface area contributed by atoms with Crippen LogP contribution in [0.4, 0.5) is 5.69 Å². The lowest BCUT2D eigenvalue weighted by atomic mass is 9.95. The molecule has 0 atom stereocenters. The van der Waals surface area contributed by atoms with Crippen molar-refractivity contribution in [3.8, 4) is 0 Å². The third kappa shape index (κ3) is 4.68. The first kappa shape index (κ1) is 17.7. The van der Waals surface area contributed by atoms with Crippen molar-refractivity contribution >= 4 is 21.7 Å². The normalized spacial score (nSPS) is 16.5. The number of hydrogen-bond donors (Lipinski definition) is 3. The predicted molar refractivity (Wildman–Crippen MR) is 89.4 cm³/mol. The minimum atomic E-state index is -3.71. The molecule has 0 amide bonds. The average molecular weight is 340 g/mol. The van der Waals surface area contributed by atoms with Gasteiger partial charge in [-0.3, -0.25) is 0 Å². The molecule has 7 heteroatoms. The fraction of sp³-hybridized carbons (Fsp3) is 0.562. The van der Waals surface area contributed by atoms with Gasteiger partial charge in [0.2, 0.25) is 10.0 Å². The van der Waals surface area contributed by atoms with Crippen LogP contribution >= 0.6 is 0 Å². The molecule has 0 aromatic heterocycles. The molecule has 6 nitrogen and oxygen atoms in total. The van der Waals surface area contributed by atoms with Crippen LogP contribution in [0.3, 0.4) is 0 Å². The Bertz CT molecular complexity index is 665. The first-order chi connectivity index (χ1) is 10.8. The number of anilines is 1. The maximum atomic E-state index is 12.2. The lowest BCUT2D eigenvalue weighted by Crippen LogP contribution is -2.30. The molecule has 3 N–H and O–H groups in total. The number of sulfonamides is 1. The number of carbonyl (C=O) groups is 1. The summed E-state index contributed by atoms with van der Waals surface area (Å²) in [5.41, 5.74) is 0.468. The quantitative estimate of drug-likeness (QED) is 0.740. The molecule has 1 aromatic carbocycles. The van der Waals surface area contributed by atoms with Crippen LogP contribution in [0.25, 0.3) is 0 Å². The SMILES string of the molecule is CC(C)NS(=O)(=O)c1ccc(NC2CCCCC2)c(C(=O)O)c1. The lowest BCUT2D eigenvalue weighted by molar-refractivity contribution is 0.0697. The number of carboxylic acid groups (broad SMARTS) is 1. The summed E-state index contributed by atoms with van der Waals surface area (Å²) in [6.45, 7) is 3.43. The van der Waals surface area contributed by atoms with Gasteiger partial charge in [-0.2, -0.15) is 0 Å². The summed E-state index contributed by atoms with van der Waals surface area (Å²) in [6, 6.07) is 4.21. The van der Waals surface area contributed by atoms with E-state index < -0.39 is 16.0 Å². The Labute approximate surface area is 137 Å². The van der Waals surface area contributed by atoms with E-state index in [-0.39, 0.29) is 22.5 Å². The fourth-order valence-electron chi connectivity index (χ4n) is 2.84. The molecule has 2 rings (SSSR count). The standard InChI is InChI=1S/C16H24N2O4S/c1-11(2)18-23(21,22)13-8-9-15(14(10-13)16(19)20)17-12-6-4-3-5-7-12/h8-12,17-18H,3-7H2,1-2H3,(H,19,20). The van der Waals surface area contributed by atoms with E-state index in [0.29, 0.717) is 5.69 Å². The van der Waals surface area contributed by atoms with Gasteiger partial charge in [0.15, 0.2) is 0 Å². The molecule has 0 saturated heterocycles. The van der Waals surface area contributed by atoms with Crippen molar-refractivity contribution in [2.75, 3.05) is 5.32 Å². The first-order valence-electron chi connectivity index (χ1n) is 7.96. The number of benzene rings is 1. The van der Waals surface area contributed by atoms with Crippen molar-refractivity contribution in [2.45, 2.75) is 62.9 Å². The molecule has 1 aromatic rings. The number of hydrogen-bond acceptors (Lipinski definition) is 4. The number of aromatic carboxylic acids is 1. The summed E-state index contributed by atoms with van der Waals surface area (Å²) in [6.07, 6.45) is 5.49. The summed E-state index contributed by atoms with van der Waals surface area (Å²) < 4.78 is 26.8. The molecule has 0 bridgehead atoms.